The van der Waals surface area contributed by atoms with Crippen LogP contribution in [-0.2, 0) is 14.3 Å². The summed E-state index contributed by atoms with van der Waals surface area (Å²) in [6.07, 6.45) is 0. The molecule has 1 atom stereocenters. The molecule has 1 aromatic heterocycles. The maximum Gasteiger partial charge on any atom is 0.338 e. The molecule has 0 fully saturated rings. The summed E-state index contributed by atoms with van der Waals surface area (Å²) in [7, 11) is 0. The monoisotopic (exact) mass is 385 g/mol. The molecule has 0 bridgehead atoms. The zero-order chi connectivity index (χ0) is 20.4. The number of esters is 2. The van der Waals surface area contributed by atoms with Crippen LogP contribution in [0.2, 0.25) is 0 Å². The molecule has 8 heteroatoms. The van der Waals surface area contributed by atoms with Crippen molar-refractivity contribution < 1.29 is 23.9 Å². The Hall–Kier alpha value is -3.29. The highest BCUT2D eigenvalue weighted by molar-refractivity contribution is 5.97. The third-order valence-corrected chi connectivity index (χ3v) is 4.76. The first-order valence-electron chi connectivity index (χ1n) is 9.05. The number of rotatable bonds is 5. The Kier molecular flexibility index (Phi) is 5.39. The largest absolute Gasteiger partial charge is 0.463 e. The fourth-order valence-corrected chi connectivity index (χ4v) is 3.20. The number of aryl methyl sites for hydroxylation is 2. The average Bonchev–Trinajstić information content (AvgIpc) is 2.93. The Bertz CT molecular complexity index is 989. The van der Waals surface area contributed by atoms with E-state index in [1.54, 1.807) is 26.0 Å². The van der Waals surface area contributed by atoms with E-state index in [2.05, 4.69) is 15.6 Å². The number of carbonyl (C=O) groups excluding carboxylic acids is 3. The number of hydrogen-bond acceptors (Lipinski definition) is 5. The number of carbonyl (C=O) groups is 3. The van der Waals surface area contributed by atoms with Crippen molar-refractivity contribution in [1.82, 2.24) is 15.6 Å². The fourth-order valence-electron chi connectivity index (χ4n) is 3.20. The van der Waals surface area contributed by atoms with Crippen LogP contribution >= 0.6 is 0 Å². The second-order valence-corrected chi connectivity index (χ2v) is 6.64. The number of urea groups is 1. The molecule has 1 aliphatic heterocycles. The third kappa shape index (κ3) is 3.71. The molecule has 0 saturated carbocycles. The predicted molar refractivity (Wildman–Crippen MR) is 103 cm³/mol. The summed E-state index contributed by atoms with van der Waals surface area (Å²) >= 11 is 0. The minimum absolute atomic E-state index is 0.200. The number of nitrogens with one attached hydrogen (secondary N) is 3. The number of aromatic amines is 1. The number of hydrogen-bond donors (Lipinski definition) is 3. The number of H-pyrrole nitrogens is 1. The second-order valence-electron chi connectivity index (χ2n) is 6.64. The second kappa shape index (κ2) is 7.75. The van der Waals surface area contributed by atoms with Crippen LogP contribution in [0.5, 0.6) is 0 Å². The molecule has 0 radical (unpaired) electrons. The van der Waals surface area contributed by atoms with E-state index >= 15 is 0 Å². The zero-order valence-electron chi connectivity index (χ0n) is 16.3. The van der Waals surface area contributed by atoms with Gasteiger partial charge < -0.3 is 25.1 Å². The predicted octanol–water partition coefficient (Wildman–Crippen LogP) is 2.46. The molecule has 8 nitrogen and oxygen atoms in total. The van der Waals surface area contributed by atoms with Crippen LogP contribution < -0.4 is 10.6 Å². The van der Waals surface area contributed by atoms with Gasteiger partial charge >= 0.3 is 18.0 Å². The quantitative estimate of drug-likeness (QED) is 0.685. The number of aromatic nitrogens is 1. The van der Waals surface area contributed by atoms with E-state index in [1.165, 1.54) is 0 Å². The molecule has 28 heavy (non-hydrogen) atoms. The van der Waals surface area contributed by atoms with Crippen molar-refractivity contribution in [2.45, 2.75) is 33.7 Å². The lowest BCUT2D eigenvalue weighted by atomic mass is 10.0. The van der Waals surface area contributed by atoms with Gasteiger partial charge in [-0.2, -0.15) is 0 Å². The molecule has 148 valence electrons. The Morgan fingerprint density at radius 2 is 1.89 bits per heavy atom. The Morgan fingerprint density at radius 3 is 2.61 bits per heavy atom. The summed E-state index contributed by atoms with van der Waals surface area (Å²) in [5.74, 6) is -1.11. The molecule has 2 heterocycles. The SMILES string of the molecule is CCOC(=O)C1=C(COC(=O)c2ccc3[nH]c(C)c(C)c3c2)NC(=O)NC1C. The van der Waals surface area contributed by atoms with Gasteiger partial charge in [-0.15, -0.1) is 0 Å². The molecule has 3 N–H and O–H groups in total. The van der Waals surface area contributed by atoms with E-state index < -0.39 is 24.0 Å². The average molecular weight is 385 g/mol. The minimum atomic E-state index is -0.562. The van der Waals surface area contributed by atoms with Gasteiger partial charge in [-0.1, -0.05) is 0 Å². The molecule has 3 rings (SSSR count). The standard InChI is InChI=1S/C20H23N3O5/c1-5-27-19(25)17-12(4)22-20(26)23-16(17)9-28-18(24)13-6-7-15-14(8-13)10(2)11(3)21-15/h6-8,12,21H,5,9H2,1-4H3,(H2,22,23,26). The molecule has 1 aliphatic rings. The summed E-state index contributed by atoms with van der Waals surface area (Å²) in [6.45, 7) is 7.26. The van der Waals surface area contributed by atoms with Gasteiger partial charge in [-0.25, -0.2) is 14.4 Å². The topological polar surface area (TPSA) is 110 Å². The minimum Gasteiger partial charge on any atom is -0.463 e. The van der Waals surface area contributed by atoms with Crippen LogP contribution in [0.1, 0.15) is 35.5 Å². The lowest BCUT2D eigenvalue weighted by Gasteiger charge is -2.26. The fraction of sp³-hybridized carbons (Fsp3) is 0.350. The van der Waals surface area contributed by atoms with Crippen LogP contribution in [0.25, 0.3) is 10.9 Å². The normalized spacial score (nSPS) is 16.6. The van der Waals surface area contributed by atoms with E-state index in [-0.39, 0.29) is 24.5 Å². The molecular weight excluding hydrogens is 362 g/mol. The summed E-state index contributed by atoms with van der Waals surface area (Å²) < 4.78 is 10.4. The van der Waals surface area contributed by atoms with Crippen molar-refractivity contribution in [3.05, 3.63) is 46.3 Å². The van der Waals surface area contributed by atoms with Crippen LogP contribution in [0.15, 0.2) is 29.5 Å². The lowest BCUT2D eigenvalue weighted by molar-refractivity contribution is -0.139. The summed E-state index contributed by atoms with van der Waals surface area (Å²) in [5, 5.41) is 6.07. The summed E-state index contributed by atoms with van der Waals surface area (Å²) in [5.41, 5.74) is 3.90. The highest BCUT2D eigenvalue weighted by Gasteiger charge is 2.30. The summed E-state index contributed by atoms with van der Waals surface area (Å²) in [6, 6.07) is 4.24. The first-order chi connectivity index (χ1) is 13.3. The van der Waals surface area contributed by atoms with E-state index in [1.807, 2.05) is 19.9 Å². The Morgan fingerprint density at radius 1 is 1.14 bits per heavy atom. The first-order valence-corrected chi connectivity index (χ1v) is 9.05. The molecule has 0 saturated heterocycles. The van der Waals surface area contributed by atoms with E-state index in [0.717, 1.165) is 22.2 Å². The molecule has 0 aliphatic carbocycles. The maximum absolute atomic E-state index is 12.5. The van der Waals surface area contributed by atoms with Crippen LogP contribution in [0, 0.1) is 13.8 Å². The number of ether oxygens (including phenoxy) is 2. The van der Waals surface area contributed by atoms with Crippen molar-refractivity contribution in [3.63, 3.8) is 0 Å². The molecule has 1 aromatic carbocycles. The Labute approximate surface area is 162 Å². The van der Waals surface area contributed by atoms with Crippen LogP contribution in [0.4, 0.5) is 4.79 Å². The maximum atomic E-state index is 12.5. The van der Waals surface area contributed by atoms with Crippen molar-refractivity contribution in [1.29, 1.82) is 0 Å². The third-order valence-electron chi connectivity index (χ3n) is 4.76. The number of amides is 2. The lowest BCUT2D eigenvalue weighted by Crippen LogP contribution is -2.50. The van der Waals surface area contributed by atoms with Crippen molar-refractivity contribution in [2.24, 2.45) is 0 Å². The van der Waals surface area contributed by atoms with Gasteiger partial charge in [0.25, 0.3) is 0 Å². The van der Waals surface area contributed by atoms with E-state index in [9.17, 15) is 14.4 Å². The van der Waals surface area contributed by atoms with Gasteiger partial charge in [0.05, 0.1) is 29.5 Å². The molecule has 0 spiro atoms. The first kappa shape index (κ1) is 19.5. The van der Waals surface area contributed by atoms with Gasteiger partial charge in [0.2, 0.25) is 0 Å². The van der Waals surface area contributed by atoms with Gasteiger partial charge in [0, 0.05) is 16.6 Å². The highest BCUT2D eigenvalue weighted by atomic mass is 16.5. The molecule has 2 amide bonds. The molecular formula is C20H23N3O5. The number of benzene rings is 1. The number of fused-ring (bicyclic) bond motifs is 1. The van der Waals surface area contributed by atoms with Gasteiger partial charge in [-0.3, -0.25) is 0 Å². The molecule has 2 aromatic rings. The van der Waals surface area contributed by atoms with Crippen molar-refractivity contribution in [2.75, 3.05) is 13.2 Å². The van der Waals surface area contributed by atoms with Crippen LogP contribution in [0.3, 0.4) is 0 Å². The van der Waals surface area contributed by atoms with E-state index in [0.29, 0.717) is 5.56 Å². The smallest absolute Gasteiger partial charge is 0.338 e. The Balaban J connectivity index is 1.81. The van der Waals surface area contributed by atoms with Crippen molar-refractivity contribution >= 4 is 28.9 Å². The van der Waals surface area contributed by atoms with E-state index in [4.69, 9.17) is 9.47 Å². The molecule has 1 unspecified atom stereocenters. The van der Waals surface area contributed by atoms with Crippen molar-refractivity contribution in [3.8, 4) is 0 Å². The van der Waals surface area contributed by atoms with Gasteiger partial charge in [0.15, 0.2) is 0 Å². The summed E-state index contributed by atoms with van der Waals surface area (Å²) in [4.78, 5) is 39.7. The van der Waals surface area contributed by atoms with Crippen LogP contribution in [-0.4, -0.2) is 42.2 Å². The zero-order valence-corrected chi connectivity index (χ0v) is 16.3. The highest BCUT2D eigenvalue weighted by Crippen LogP contribution is 2.23. The van der Waals surface area contributed by atoms with Gasteiger partial charge in [-0.05, 0) is 51.5 Å². The van der Waals surface area contributed by atoms with Gasteiger partial charge in [0.1, 0.15) is 6.61 Å².